The van der Waals surface area contributed by atoms with Crippen LogP contribution in [0.4, 0.5) is 0 Å². The number of rotatable bonds is 0. The van der Waals surface area contributed by atoms with E-state index in [2.05, 4.69) is 5.32 Å². The molecule has 0 amide bonds. The fourth-order valence-corrected chi connectivity index (χ4v) is 0.906. The molecular weight excluding hydrogens is 122 g/mol. The molecule has 1 N–H and O–H groups in total. The van der Waals surface area contributed by atoms with Crippen molar-refractivity contribution < 1.29 is 4.74 Å². The summed E-state index contributed by atoms with van der Waals surface area (Å²) in [5.41, 5.74) is -0.0862. The maximum atomic E-state index is 5.17. The molecule has 3 heteroatoms. The number of ether oxygens (including phenoxy) is 1. The fraction of sp³-hybridized carbons (Fsp3) is 0.800. The molecule has 0 radical (unpaired) electrons. The summed E-state index contributed by atoms with van der Waals surface area (Å²) in [4.78, 5) is 0. The number of hydrogen-bond donors (Lipinski definition) is 1. The zero-order valence-electron chi connectivity index (χ0n) is 5.02. The highest BCUT2D eigenvalue weighted by atomic mass is 32.1. The molecule has 1 saturated heterocycles. The Morgan fingerprint density at radius 2 is 2.38 bits per heavy atom. The summed E-state index contributed by atoms with van der Waals surface area (Å²) in [6, 6.07) is 0. The maximum Gasteiger partial charge on any atom is 0.257 e. The van der Waals surface area contributed by atoms with Gasteiger partial charge in [-0.2, -0.15) is 0 Å². The molecule has 0 spiro atoms. The Kier molecular flexibility index (Phi) is 1.15. The van der Waals surface area contributed by atoms with E-state index in [1.165, 1.54) is 0 Å². The third-order valence-corrected chi connectivity index (χ3v) is 1.26. The van der Waals surface area contributed by atoms with Gasteiger partial charge in [-0.15, -0.1) is 0 Å². The third-order valence-electron chi connectivity index (χ3n) is 1.03. The monoisotopic (exact) mass is 131 g/mol. The minimum atomic E-state index is -0.0862. The van der Waals surface area contributed by atoms with E-state index in [1.54, 1.807) is 0 Å². The Morgan fingerprint density at radius 1 is 1.75 bits per heavy atom. The maximum absolute atomic E-state index is 5.17. The third kappa shape index (κ3) is 1.10. The average molecular weight is 131 g/mol. The van der Waals surface area contributed by atoms with Crippen LogP contribution in [0.5, 0.6) is 0 Å². The highest BCUT2D eigenvalue weighted by Gasteiger charge is 2.27. The molecule has 0 aliphatic carbocycles. The van der Waals surface area contributed by atoms with E-state index >= 15 is 0 Å². The van der Waals surface area contributed by atoms with Crippen LogP contribution in [0.3, 0.4) is 0 Å². The van der Waals surface area contributed by atoms with Crippen molar-refractivity contribution in [1.82, 2.24) is 5.32 Å². The van der Waals surface area contributed by atoms with Crippen LogP contribution in [-0.4, -0.2) is 17.3 Å². The summed E-state index contributed by atoms with van der Waals surface area (Å²) in [5.74, 6) is 0. The number of thiocarbonyl (C=S) groups is 1. The lowest BCUT2D eigenvalue weighted by atomic mass is 10.1. The summed E-state index contributed by atoms with van der Waals surface area (Å²) in [6.45, 7) is 4.82. The Hall–Kier alpha value is -0.310. The Bertz CT molecular complexity index is 122. The second kappa shape index (κ2) is 1.58. The normalized spacial score (nSPS) is 24.5. The summed E-state index contributed by atoms with van der Waals surface area (Å²) >= 11 is 4.73. The number of nitrogens with one attached hydrogen (secondary N) is 1. The van der Waals surface area contributed by atoms with Gasteiger partial charge in [0, 0.05) is 0 Å². The molecule has 0 unspecified atom stereocenters. The minimum Gasteiger partial charge on any atom is -0.463 e. The van der Waals surface area contributed by atoms with E-state index in [-0.39, 0.29) is 5.60 Å². The van der Waals surface area contributed by atoms with Crippen LogP contribution in [0, 0.1) is 0 Å². The van der Waals surface area contributed by atoms with Crippen molar-refractivity contribution >= 4 is 17.4 Å². The van der Waals surface area contributed by atoms with Crippen LogP contribution in [0.1, 0.15) is 13.8 Å². The quantitative estimate of drug-likeness (QED) is 0.488. The van der Waals surface area contributed by atoms with E-state index in [0.29, 0.717) is 5.17 Å². The highest BCUT2D eigenvalue weighted by Crippen LogP contribution is 2.12. The smallest absolute Gasteiger partial charge is 0.257 e. The summed E-state index contributed by atoms with van der Waals surface area (Å²) in [6.07, 6.45) is 0. The Balaban J connectivity index is 2.56. The lowest BCUT2D eigenvalue weighted by molar-refractivity contribution is 0.140. The van der Waals surface area contributed by atoms with Crippen molar-refractivity contribution in [3.05, 3.63) is 0 Å². The van der Waals surface area contributed by atoms with Gasteiger partial charge in [-0.3, -0.25) is 0 Å². The second-order valence-electron chi connectivity index (χ2n) is 2.50. The molecule has 46 valence electrons. The van der Waals surface area contributed by atoms with Gasteiger partial charge in [0.15, 0.2) is 0 Å². The molecule has 0 atom stereocenters. The van der Waals surface area contributed by atoms with Crippen LogP contribution in [0.2, 0.25) is 0 Å². The van der Waals surface area contributed by atoms with Crippen LogP contribution in [0.15, 0.2) is 0 Å². The van der Waals surface area contributed by atoms with E-state index in [1.807, 2.05) is 13.8 Å². The summed E-state index contributed by atoms with van der Waals surface area (Å²) in [7, 11) is 0. The first-order valence-electron chi connectivity index (χ1n) is 2.57. The van der Waals surface area contributed by atoms with E-state index in [9.17, 15) is 0 Å². The predicted molar refractivity (Wildman–Crippen MR) is 35.8 cm³/mol. The zero-order chi connectivity index (χ0) is 6.20. The van der Waals surface area contributed by atoms with Gasteiger partial charge >= 0.3 is 0 Å². The second-order valence-corrected chi connectivity index (χ2v) is 2.87. The van der Waals surface area contributed by atoms with Gasteiger partial charge in [0.1, 0.15) is 5.60 Å². The van der Waals surface area contributed by atoms with Crippen LogP contribution in [-0.2, 0) is 4.74 Å². The standard InChI is InChI=1S/C5H9NOS/c1-5(2)3-6-4(8)7-5/h3H2,1-2H3,(H,6,8). The van der Waals surface area contributed by atoms with Crippen molar-refractivity contribution in [2.75, 3.05) is 6.54 Å². The lowest BCUT2D eigenvalue weighted by Gasteiger charge is -2.13. The molecule has 0 saturated carbocycles. The van der Waals surface area contributed by atoms with E-state index in [0.717, 1.165) is 6.54 Å². The molecule has 0 aromatic rings. The first-order chi connectivity index (χ1) is 3.60. The Labute approximate surface area is 54.2 Å². The SMILES string of the molecule is CC1(C)CNC(=S)O1. The molecule has 1 aliphatic rings. The van der Waals surface area contributed by atoms with Gasteiger partial charge in [0.25, 0.3) is 5.17 Å². The van der Waals surface area contributed by atoms with Crippen molar-refractivity contribution in [3.8, 4) is 0 Å². The molecule has 0 aromatic heterocycles. The van der Waals surface area contributed by atoms with E-state index in [4.69, 9.17) is 17.0 Å². The van der Waals surface area contributed by atoms with Gasteiger partial charge in [-0.1, -0.05) is 0 Å². The molecule has 1 rings (SSSR count). The predicted octanol–water partition coefficient (Wildman–Crippen LogP) is 0.670. The van der Waals surface area contributed by atoms with E-state index < -0.39 is 0 Å². The molecule has 1 fully saturated rings. The average Bonchev–Trinajstić information content (AvgIpc) is 1.82. The van der Waals surface area contributed by atoms with Crippen LogP contribution < -0.4 is 5.32 Å². The highest BCUT2D eigenvalue weighted by molar-refractivity contribution is 7.80. The van der Waals surface area contributed by atoms with Crippen LogP contribution in [0.25, 0.3) is 0 Å². The fourth-order valence-electron chi connectivity index (χ4n) is 0.608. The summed E-state index contributed by atoms with van der Waals surface area (Å²) < 4.78 is 5.17. The first kappa shape index (κ1) is 5.82. The number of hydrogen-bond acceptors (Lipinski definition) is 2. The van der Waals surface area contributed by atoms with Crippen molar-refractivity contribution in [2.45, 2.75) is 19.4 Å². The van der Waals surface area contributed by atoms with Crippen molar-refractivity contribution in [3.63, 3.8) is 0 Å². The summed E-state index contributed by atoms with van der Waals surface area (Å²) in [5, 5.41) is 3.44. The topological polar surface area (TPSA) is 21.3 Å². The van der Waals surface area contributed by atoms with Crippen molar-refractivity contribution in [2.24, 2.45) is 0 Å². The van der Waals surface area contributed by atoms with Gasteiger partial charge in [0.2, 0.25) is 0 Å². The van der Waals surface area contributed by atoms with Crippen LogP contribution >= 0.6 is 12.2 Å². The Morgan fingerprint density at radius 3 is 2.50 bits per heavy atom. The van der Waals surface area contributed by atoms with Gasteiger partial charge < -0.3 is 10.1 Å². The lowest BCUT2D eigenvalue weighted by Crippen LogP contribution is -2.23. The molecule has 0 aromatic carbocycles. The molecule has 2 nitrogen and oxygen atoms in total. The van der Waals surface area contributed by atoms with Gasteiger partial charge in [-0.25, -0.2) is 0 Å². The zero-order valence-corrected chi connectivity index (χ0v) is 5.84. The molecule has 1 heterocycles. The molecule has 0 bridgehead atoms. The minimum absolute atomic E-state index is 0.0862. The van der Waals surface area contributed by atoms with Gasteiger partial charge in [0.05, 0.1) is 6.54 Å². The van der Waals surface area contributed by atoms with Crippen molar-refractivity contribution in [1.29, 1.82) is 0 Å². The van der Waals surface area contributed by atoms with Gasteiger partial charge in [-0.05, 0) is 26.1 Å². The molecule has 1 aliphatic heterocycles. The first-order valence-corrected chi connectivity index (χ1v) is 2.98. The molecule has 8 heavy (non-hydrogen) atoms. The largest absolute Gasteiger partial charge is 0.463 e. The molecular formula is C5H9NOS.